The van der Waals surface area contributed by atoms with Crippen molar-refractivity contribution in [3.63, 3.8) is 0 Å². The Kier molecular flexibility index (Phi) is 4.36. The number of halogens is 1. The summed E-state index contributed by atoms with van der Waals surface area (Å²) >= 11 is 5.88. The van der Waals surface area contributed by atoms with E-state index in [2.05, 4.69) is 0 Å². The molecule has 0 atom stereocenters. The van der Waals surface area contributed by atoms with Gasteiger partial charge in [0.25, 0.3) is 0 Å². The second-order valence-electron chi connectivity index (χ2n) is 4.99. The van der Waals surface area contributed by atoms with Gasteiger partial charge < -0.3 is 5.73 Å². The normalized spacial score (nSPS) is 18.1. The average molecular weight is 317 g/mol. The fourth-order valence-corrected chi connectivity index (χ4v) is 4.33. The first-order chi connectivity index (χ1) is 9.32. The number of carbonyl (C=O) groups is 1. The lowest BCUT2D eigenvalue weighted by molar-refractivity contribution is -0.122. The van der Waals surface area contributed by atoms with Gasteiger partial charge in [-0.05, 0) is 37.5 Å². The first kappa shape index (κ1) is 15.3. The van der Waals surface area contributed by atoms with Gasteiger partial charge in [-0.2, -0.15) is 4.31 Å². The lowest BCUT2D eigenvalue weighted by atomic mass is 9.98. The van der Waals surface area contributed by atoms with Gasteiger partial charge in [-0.1, -0.05) is 17.7 Å². The minimum Gasteiger partial charge on any atom is -0.369 e. The van der Waals surface area contributed by atoms with Gasteiger partial charge >= 0.3 is 0 Å². The van der Waals surface area contributed by atoms with Crippen LogP contribution in [-0.2, 0) is 14.8 Å². The van der Waals surface area contributed by atoms with Crippen molar-refractivity contribution in [2.75, 3.05) is 13.1 Å². The van der Waals surface area contributed by atoms with E-state index in [0.717, 1.165) is 0 Å². The van der Waals surface area contributed by atoms with Crippen molar-refractivity contribution in [1.82, 2.24) is 4.31 Å². The minimum absolute atomic E-state index is 0.225. The number of aryl methyl sites for hydroxylation is 1. The quantitative estimate of drug-likeness (QED) is 0.918. The van der Waals surface area contributed by atoms with Crippen molar-refractivity contribution < 1.29 is 13.2 Å². The molecule has 1 aromatic carbocycles. The van der Waals surface area contributed by atoms with Crippen LogP contribution in [0, 0.1) is 12.8 Å². The van der Waals surface area contributed by atoms with E-state index in [1.807, 2.05) is 0 Å². The molecule has 0 radical (unpaired) electrons. The lowest BCUT2D eigenvalue weighted by Crippen LogP contribution is -2.41. The van der Waals surface area contributed by atoms with E-state index in [4.69, 9.17) is 17.3 Å². The van der Waals surface area contributed by atoms with Crippen LogP contribution in [0.4, 0.5) is 0 Å². The van der Waals surface area contributed by atoms with Gasteiger partial charge in [0.1, 0.15) is 0 Å². The van der Waals surface area contributed by atoms with E-state index in [0.29, 0.717) is 36.5 Å². The third kappa shape index (κ3) is 2.97. The number of piperidine rings is 1. The van der Waals surface area contributed by atoms with E-state index >= 15 is 0 Å². The number of nitrogens with zero attached hydrogens (tertiary/aromatic N) is 1. The first-order valence-corrected chi connectivity index (χ1v) is 8.20. The Morgan fingerprint density at radius 1 is 1.35 bits per heavy atom. The van der Waals surface area contributed by atoms with Gasteiger partial charge in [0.15, 0.2) is 0 Å². The molecule has 0 aliphatic carbocycles. The topological polar surface area (TPSA) is 80.5 Å². The summed E-state index contributed by atoms with van der Waals surface area (Å²) in [6.07, 6.45) is 0.933. The molecule has 1 fully saturated rings. The standard InChI is InChI=1S/C13H17ClN2O3S/c1-9-2-3-11(14)8-12(9)20(18,19)16-6-4-10(5-7-16)13(15)17/h2-3,8,10H,4-7H2,1H3,(H2,15,17). The van der Waals surface area contributed by atoms with Crippen LogP contribution in [-0.4, -0.2) is 31.7 Å². The highest BCUT2D eigenvalue weighted by Crippen LogP contribution is 2.27. The summed E-state index contributed by atoms with van der Waals surface area (Å²) in [5.74, 6) is -0.595. The van der Waals surface area contributed by atoms with Crippen LogP contribution in [0.25, 0.3) is 0 Å². The maximum atomic E-state index is 12.6. The number of rotatable bonds is 3. The smallest absolute Gasteiger partial charge is 0.243 e. The number of hydrogen-bond acceptors (Lipinski definition) is 3. The third-order valence-corrected chi connectivity index (χ3v) is 5.90. The van der Waals surface area contributed by atoms with E-state index in [9.17, 15) is 13.2 Å². The zero-order valence-corrected chi connectivity index (χ0v) is 12.7. The number of benzene rings is 1. The van der Waals surface area contributed by atoms with Gasteiger partial charge in [-0.3, -0.25) is 4.79 Å². The molecule has 0 spiro atoms. The molecule has 0 unspecified atom stereocenters. The summed E-state index contributed by atoms with van der Waals surface area (Å²) < 4.78 is 26.6. The van der Waals surface area contributed by atoms with Crippen molar-refractivity contribution in [3.05, 3.63) is 28.8 Å². The molecule has 1 heterocycles. The molecule has 1 amide bonds. The lowest BCUT2D eigenvalue weighted by Gasteiger charge is -2.30. The molecular weight excluding hydrogens is 300 g/mol. The second-order valence-corrected chi connectivity index (χ2v) is 7.33. The van der Waals surface area contributed by atoms with Crippen LogP contribution in [0.15, 0.2) is 23.1 Å². The van der Waals surface area contributed by atoms with Crippen LogP contribution in [0.3, 0.4) is 0 Å². The minimum atomic E-state index is -3.57. The second kappa shape index (κ2) is 5.71. The largest absolute Gasteiger partial charge is 0.369 e. The fraction of sp³-hybridized carbons (Fsp3) is 0.462. The monoisotopic (exact) mass is 316 g/mol. The SMILES string of the molecule is Cc1ccc(Cl)cc1S(=O)(=O)N1CCC(C(N)=O)CC1. The number of carbonyl (C=O) groups excluding carboxylic acids is 1. The third-order valence-electron chi connectivity index (χ3n) is 3.62. The Bertz CT molecular complexity index is 623. The van der Waals surface area contributed by atoms with Crippen molar-refractivity contribution in [3.8, 4) is 0 Å². The summed E-state index contributed by atoms with van der Waals surface area (Å²) in [4.78, 5) is 11.3. The van der Waals surface area contributed by atoms with E-state index in [-0.39, 0.29) is 16.7 Å². The van der Waals surface area contributed by atoms with Crippen molar-refractivity contribution in [1.29, 1.82) is 0 Å². The van der Waals surface area contributed by atoms with Crippen molar-refractivity contribution in [2.45, 2.75) is 24.7 Å². The molecule has 0 bridgehead atoms. The number of hydrogen-bond donors (Lipinski definition) is 1. The van der Waals surface area contributed by atoms with Gasteiger partial charge in [0.05, 0.1) is 4.90 Å². The number of nitrogens with two attached hydrogens (primary N) is 1. The Morgan fingerprint density at radius 2 is 1.95 bits per heavy atom. The molecule has 5 nitrogen and oxygen atoms in total. The predicted octanol–water partition coefficient (Wildman–Crippen LogP) is 1.53. The van der Waals surface area contributed by atoms with Crippen LogP contribution < -0.4 is 5.73 Å². The van der Waals surface area contributed by atoms with Gasteiger partial charge in [-0.25, -0.2) is 8.42 Å². The Hall–Kier alpha value is -1.11. The summed E-state index contributed by atoms with van der Waals surface area (Å²) in [6.45, 7) is 2.35. The summed E-state index contributed by atoms with van der Waals surface area (Å²) in [5, 5.41) is 0.390. The van der Waals surface area contributed by atoms with Crippen LogP contribution >= 0.6 is 11.6 Å². The highest BCUT2D eigenvalue weighted by Gasteiger charge is 2.32. The number of amides is 1. The first-order valence-electron chi connectivity index (χ1n) is 6.38. The maximum absolute atomic E-state index is 12.6. The Morgan fingerprint density at radius 3 is 2.50 bits per heavy atom. The van der Waals surface area contributed by atoms with Crippen molar-refractivity contribution in [2.24, 2.45) is 11.7 Å². The molecule has 2 rings (SSSR count). The summed E-state index contributed by atoms with van der Waals surface area (Å²) in [6, 6.07) is 4.81. The molecule has 0 aromatic heterocycles. The van der Waals surface area contributed by atoms with E-state index in [1.165, 1.54) is 10.4 Å². The molecule has 1 saturated heterocycles. The Balaban J connectivity index is 2.24. The summed E-state index contributed by atoms with van der Waals surface area (Å²) in [7, 11) is -3.57. The molecule has 1 aliphatic rings. The number of sulfonamides is 1. The maximum Gasteiger partial charge on any atom is 0.243 e. The zero-order chi connectivity index (χ0) is 14.9. The molecule has 1 aromatic rings. The van der Waals surface area contributed by atoms with E-state index < -0.39 is 10.0 Å². The molecule has 110 valence electrons. The molecule has 7 heteroatoms. The number of primary amides is 1. The van der Waals surface area contributed by atoms with Gasteiger partial charge in [-0.15, -0.1) is 0 Å². The van der Waals surface area contributed by atoms with Crippen molar-refractivity contribution >= 4 is 27.5 Å². The van der Waals surface area contributed by atoms with E-state index in [1.54, 1.807) is 19.1 Å². The summed E-state index contributed by atoms with van der Waals surface area (Å²) in [5.41, 5.74) is 5.91. The zero-order valence-electron chi connectivity index (χ0n) is 11.2. The van der Waals surface area contributed by atoms with Crippen LogP contribution in [0.1, 0.15) is 18.4 Å². The highest BCUT2D eigenvalue weighted by molar-refractivity contribution is 7.89. The molecule has 20 heavy (non-hydrogen) atoms. The Labute approximate surface area is 123 Å². The fourth-order valence-electron chi connectivity index (χ4n) is 2.37. The highest BCUT2D eigenvalue weighted by atomic mass is 35.5. The van der Waals surface area contributed by atoms with Gasteiger partial charge in [0, 0.05) is 24.0 Å². The predicted molar refractivity (Wildman–Crippen MR) is 76.9 cm³/mol. The molecular formula is C13H17ClN2O3S. The average Bonchev–Trinajstić information content (AvgIpc) is 2.41. The molecule has 1 aliphatic heterocycles. The van der Waals surface area contributed by atoms with Crippen LogP contribution in [0.5, 0.6) is 0 Å². The van der Waals surface area contributed by atoms with Crippen LogP contribution in [0.2, 0.25) is 5.02 Å². The van der Waals surface area contributed by atoms with Gasteiger partial charge in [0.2, 0.25) is 15.9 Å². The molecule has 2 N–H and O–H groups in total. The molecule has 0 saturated carbocycles.